The van der Waals surface area contributed by atoms with E-state index in [1.165, 1.54) is 11.5 Å². The van der Waals surface area contributed by atoms with E-state index in [9.17, 15) is 4.79 Å². The SMILES string of the molecule is CCCSc1nsc(NC(=O)CN2CCNC(C)C2)n1. The molecule has 8 heteroatoms. The molecule has 1 saturated heterocycles. The van der Waals surface area contributed by atoms with Gasteiger partial charge in [-0.05, 0) is 13.3 Å². The molecular weight excluding hydrogens is 294 g/mol. The van der Waals surface area contributed by atoms with Crippen LogP contribution in [0.25, 0.3) is 0 Å². The van der Waals surface area contributed by atoms with Gasteiger partial charge in [0.25, 0.3) is 0 Å². The molecule has 112 valence electrons. The molecule has 1 amide bonds. The first kappa shape index (κ1) is 15.7. The lowest BCUT2D eigenvalue weighted by atomic mass is 10.2. The van der Waals surface area contributed by atoms with Gasteiger partial charge >= 0.3 is 0 Å². The molecule has 2 N–H and O–H groups in total. The van der Waals surface area contributed by atoms with Gasteiger partial charge in [-0.3, -0.25) is 15.0 Å². The maximum absolute atomic E-state index is 12.0. The van der Waals surface area contributed by atoms with E-state index in [2.05, 4.69) is 38.7 Å². The summed E-state index contributed by atoms with van der Waals surface area (Å²) < 4.78 is 4.22. The summed E-state index contributed by atoms with van der Waals surface area (Å²) in [6.45, 7) is 7.42. The molecular formula is C12H21N5OS2. The molecule has 6 nitrogen and oxygen atoms in total. The Morgan fingerprint density at radius 2 is 2.50 bits per heavy atom. The summed E-state index contributed by atoms with van der Waals surface area (Å²) in [7, 11) is 0. The first-order valence-corrected chi connectivity index (χ1v) is 8.65. The number of nitrogens with zero attached hydrogens (tertiary/aromatic N) is 3. The van der Waals surface area contributed by atoms with Crippen LogP contribution in [-0.2, 0) is 4.79 Å². The Morgan fingerprint density at radius 3 is 3.25 bits per heavy atom. The van der Waals surface area contributed by atoms with Crippen molar-refractivity contribution in [1.29, 1.82) is 0 Å². The fourth-order valence-electron chi connectivity index (χ4n) is 2.03. The highest BCUT2D eigenvalue weighted by atomic mass is 32.2. The van der Waals surface area contributed by atoms with Crippen molar-refractivity contribution in [3.63, 3.8) is 0 Å². The average Bonchev–Trinajstić information content (AvgIpc) is 2.83. The van der Waals surface area contributed by atoms with Crippen molar-refractivity contribution >= 4 is 34.3 Å². The molecule has 1 aliphatic heterocycles. The van der Waals surface area contributed by atoms with Crippen LogP contribution in [-0.4, -0.2) is 58.1 Å². The first-order chi connectivity index (χ1) is 9.67. The number of piperazine rings is 1. The maximum Gasteiger partial charge on any atom is 0.240 e. The van der Waals surface area contributed by atoms with Crippen LogP contribution in [0.5, 0.6) is 0 Å². The monoisotopic (exact) mass is 315 g/mol. The van der Waals surface area contributed by atoms with Gasteiger partial charge in [0, 0.05) is 43.0 Å². The van der Waals surface area contributed by atoms with Crippen LogP contribution in [0, 0.1) is 0 Å². The molecule has 0 spiro atoms. The summed E-state index contributed by atoms with van der Waals surface area (Å²) in [5, 5.41) is 7.54. The molecule has 1 unspecified atom stereocenters. The molecule has 2 rings (SSSR count). The Kier molecular flexibility index (Phi) is 6.21. The van der Waals surface area contributed by atoms with Gasteiger partial charge in [-0.25, -0.2) is 0 Å². The van der Waals surface area contributed by atoms with Gasteiger partial charge in [-0.1, -0.05) is 18.7 Å². The van der Waals surface area contributed by atoms with E-state index < -0.39 is 0 Å². The standard InChI is InChI=1S/C12H21N5OS2/c1-3-6-19-12-15-11(20-16-12)14-10(18)8-17-5-4-13-9(2)7-17/h9,13H,3-8H2,1-2H3,(H,14,15,16,18). The van der Waals surface area contributed by atoms with Crippen LogP contribution in [0.3, 0.4) is 0 Å². The normalized spacial score (nSPS) is 20.0. The fraction of sp³-hybridized carbons (Fsp3) is 0.750. The second-order valence-electron chi connectivity index (χ2n) is 4.87. The third-order valence-corrected chi connectivity index (χ3v) is 4.71. The topological polar surface area (TPSA) is 70.2 Å². The molecule has 0 aromatic carbocycles. The lowest BCUT2D eigenvalue weighted by Gasteiger charge is -2.30. The minimum atomic E-state index is -0.0118. The zero-order valence-corrected chi connectivity index (χ0v) is 13.5. The Labute approximate surface area is 127 Å². The van der Waals surface area contributed by atoms with Gasteiger partial charge in [0.1, 0.15) is 0 Å². The van der Waals surface area contributed by atoms with Crippen molar-refractivity contribution in [2.45, 2.75) is 31.5 Å². The van der Waals surface area contributed by atoms with Crippen LogP contribution in [0.2, 0.25) is 0 Å². The maximum atomic E-state index is 12.0. The molecule has 1 aliphatic rings. The number of hydrogen-bond donors (Lipinski definition) is 2. The van der Waals surface area contributed by atoms with E-state index in [1.54, 1.807) is 11.8 Å². The zero-order chi connectivity index (χ0) is 14.4. The van der Waals surface area contributed by atoms with Crippen molar-refractivity contribution in [2.24, 2.45) is 0 Å². The van der Waals surface area contributed by atoms with Crippen molar-refractivity contribution < 1.29 is 4.79 Å². The summed E-state index contributed by atoms with van der Waals surface area (Å²) in [6.07, 6.45) is 1.09. The highest BCUT2D eigenvalue weighted by Crippen LogP contribution is 2.20. The zero-order valence-electron chi connectivity index (χ0n) is 11.9. The Balaban J connectivity index is 1.77. The minimum absolute atomic E-state index is 0.0118. The molecule has 0 bridgehead atoms. The van der Waals surface area contributed by atoms with Crippen molar-refractivity contribution in [2.75, 3.05) is 37.2 Å². The Morgan fingerprint density at radius 1 is 1.65 bits per heavy atom. The van der Waals surface area contributed by atoms with Gasteiger partial charge in [-0.2, -0.15) is 9.36 Å². The van der Waals surface area contributed by atoms with E-state index in [-0.39, 0.29) is 5.91 Å². The third kappa shape index (κ3) is 5.01. The van der Waals surface area contributed by atoms with E-state index in [0.717, 1.165) is 37.0 Å². The number of anilines is 1. The summed E-state index contributed by atoms with van der Waals surface area (Å²) in [5.41, 5.74) is 0. The van der Waals surface area contributed by atoms with Gasteiger partial charge in [0.15, 0.2) is 0 Å². The number of aromatic nitrogens is 2. The lowest BCUT2D eigenvalue weighted by Crippen LogP contribution is -2.51. The highest BCUT2D eigenvalue weighted by molar-refractivity contribution is 7.99. The second-order valence-corrected chi connectivity index (χ2v) is 6.68. The van der Waals surface area contributed by atoms with Crippen molar-refractivity contribution in [3.8, 4) is 0 Å². The van der Waals surface area contributed by atoms with Crippen LogP contribution >= 0.6 is 23.3 Å². The number of amides is 1. The predicted molar refractivity (Wildman–Crippen MR) is 83.5 cm³/mol. The summed E-state index contributed by atoms with van der Waals surface area (Å²) in [4.78, 5) is 18.4. The lowest BCUT2D eigenvalue weighted by molar-refractivity contribution is -0.117. The fourth-order valence-corrected chi connectivity index (χ4v) is 3.45. The van der Waals surface area contributed by atoms with E-state index in [0.29, 0.717) is 17.7 Å². The Hall–Kier alpha value is -0.700. The number of thioether (sulfide) groups is 1. The molecule has 0 aliphatic carbocycles. The number of rotatable bonds is 6. The molecule has 20 heavy (non-hydrogen) atoms. The summed E-state index contributed by atoms with van der Waals surface area (Å²) in [5.74, 6) is 0.991. The minimum Gasteiger partial charge on any atom is -0.312 e. The third-order valence-electron chi connectivity index (χ3n) is 2.91. The molecule has 1 aromatic heterocycles. The molecule has 1 fully saturated rings. The highest BCUT2D eigenvalue weighted by Gasteiger charge is 2.18. The molecule has 2 heterocycles. The number of nitrogens with one attached hydrogen (secondary N) is 2. The predicted octanol–water partition coefficient (Wildman–Crippen LogP) is 1.27. The van der Waals surface area contributed by atoms with Crippen molar-refractivity contribution in [3.05, 3.63) is 0 Å². The van der Waals surface area contributed by atoms with E-state index in [4.69, 9.17) is 0 Å². The average molecular weight is 315 g/mol. The molecule has 0 saturated carbocycles. The van der Waals surface area contributed by atoms with Crippen LogP contribution in [0.15, 0.2) is 5.16 Å². The van der Waals surface area contributed by atoms with E-state index in [1.807, 2.05) is 0 Å². The van der Waals surface area contributed by atoms with E-state index >= 15 is 0 Å². The summed E-state index contributed by atoms with van der Waals surface area (Å²) in [6, 6.07) is 0.440. The number of hydrogen-bond acceptors (Lipinski definition) is 7. The second kappa shape index (κ2) is 7.92. The number of carbonyl (C=O) groups excluding carboxylic acids is 1. The van der Waals surface area contributed by atoms with Crippen LogP contribution in [0.4, 0.5) is 5.13 Å². The smallest absolute Gasteiger partial charge is 0.240 e. The summed E-state index contributed by atoms with van der Waals surface area (Å²) >= 11 is 2.87. The van der Waals surface area contributed by atoms with Gasteiger partial charge in [0.05, 0.1) is 6.54 Å². The van der Waals surface area contributed by atoms with Gasteiger partial charge < -0.3 is 5.32 Å². The quantitative estimate of drug-likeness (QED) is 0.771. The molecule has 1 aromatic rings. The van der Waals surface area contributed by atoms with Crippen LogP contribution < -0.4 is 10.6 Å². The van der Waals surface area contributed by atoms with Gasteiger partial charge in [0.2, 0.25) is 16.2 Å². The van der Waals surface area contributed by atoms with Gasteiger partial charge in [-0.15, -0.1) is 0 Å². The molecule has 0 radical (unpaired) electrons. The largest absolute Gasteiger partial charge is 0.312 e. The van der Waals surface area contributed by atoms with Crippen molar-refractivity contribution in [1.82, 2.24) is 19.6 Å². The molecule has 1 atom stereocenters. The van der Waals surface area contributed by atoms with Crippen LogP contribution in [0.1, 0.15) is 20.3 Å². The first-order valence-electron chi connectivity index (χ1n) is 6.89. The Bertz CT molecular complexity index is 439. The number of carbonyl (C=O) groups is 1.